The molecule has 6 heterocycles. The summed E-state index contributed by atoms with van der Waals surface area (Å²) in [6.45, 7) is 0. The molecule has 13 heteroatoms. The molecule has 41 heavy (non-hydrogen) atoms. The first kappa shape index (κ1) is 25.3. The standard InChI is InChI=1S/C28H27N9O3S/c1-41(39,40)25-24(18-11-19-8-9-20(12-18)36(19)28(38)23-15-31-35-34-23)33-27-21(14-32-37(27)26(25)29)17-7-10-22(30-13-17)16-5-3-2-4-6-16/h2-7,10,13-15,18-20H,8-9,11-12,29H2,1H3,(H,31,34,35)/t18-,19-,20+. The van der Waals surface area contributed by atoms with E-state index in [4.69, 9.17) is 10.7 Å². The Kier molecular flexibility index (Phi) is 5.85. The lowest BCUT2D eigenvalue weighted by Crippen LogP contribution is -2.46. The molecule has 208 valence electrons. The highest BCUT2D eigenvalue weighted by Crippen LogP contribution is 2.45. The van der Waals surface area contributed by atoms with E-state index < -0.39 is 9.84 Å². The zero-order chi connectivity index (χ0) is 28.3. The number of H-pyrrole nitrogens is 1. The van der Waals surface area contributed by atoms with E-state index in [1.165, 1.54) is 10.7 Å². The van der Waals surface area contributed by atoms with Crippen molar-refractivity contribution in [3.05, 3.63) is 72.4 Å². The molecule has 5 aromatic rings. The molecule has 2 bridgehead atoms. The average Bonchev–Trinajstić information content (AvgIpc) is 3.71. The lowest BCUT2D eigenvalue weighted by atomic mass is 9.87. The third-order valence-electron chi connectivity index (χ3n) is 8.18. The van der Waals surface area contributed by atoms with E-state index in [0.717, 1.165) is 35.9 Å². The number of amides is 1. The largest absolute Gasteiger partial charge is 0.382 e. The van der Waals surface area contributed by atoms with Gasteiger partial charge in [0.15, 0.2) is 15.5 Å². The molecule has 0 saturated carbocycles. The summed E-state index contributed by atoms with van der Waals surface area (Å²) in [4.78, 5) is 24.6. The highest BCUT2D eigenvalue weighted by Gasteiger charge is 2.46. The van der Waals surface area contributed by atoms with Crippen LogP contribution in [-0.2, 0) is 9.84 Å². The number of hydrogen-bond donors (Lipinski definition) is 2. The minimum absolute atomic E-state index is 0.000792. The van der Waals surface area contributed by atoms with Crippen LogP contribution in [0.25, 0.3) is 28.0 Å². The van der Waals surface area contributed by atoms with Crippen LogP contribution < -0.4 is 5.73 Å². The lowest BCUT2D eigenvalue weighted by molar-refractivity contribution is 0.0562. The molecule has 1 aromatic carbocycles. The number of pyridine rings is 1. The maximum atomic E-state index is 13.2. The Morgan fingerprint density at radius 3 is 2.39 bits per heavy atom. The number of nitrogens with one attached hydrogen (secondary N) is 1. The van der Waals surface area contributed by atoms with Crippen LogP contribution in [0.5, 0.6) is 0 Å². The molecule has 1 amide bonds. The Morgan fingerprint density at radius 1 is 1.00 bits per heavy atom. The van der Waals surface area contributed by atoms with Gasteiger partial charge >= 0.3 is 0 Å². The number of anilines is 1. The van der Waals surface area contributed by atoms with E-state index >= 15 is 0 Å². The van der Waals surface area contributed by atoms with Crippen LogP contribution in [0.2, 0.25) is 0 Å². The highest BCUT2D eigenvalue weighted by atomic mass is 32.2. The van der Waals surface area contributed by atoms with Crippen LogP contribution in [0.4, 0.5) is 5.82 Å². The number of piperidine rings is 1. The van der Waals surface area contributed by atoms with Crippen LogP contribution in [0.1, 0.15) is 47.8 Å². The Balaban J connectivity index is 1.29. The Labute approximate surface area is 235 Å². The number of rotatable bonds is 5. The van der Waals surface area contributed by atoms with Crippen LogP contribution in [0.15, 0.2) is 66.0 Å². The molecule has 7 rings (SSSR count). The number of nitrogens with zero attached hydrogens (tertiary/aromatic N) is 7. The highest BCUT2D eigenvalue weighted by molar-refractivity contribution is 7.91. The molecular formula is C28H27N9O3S. The predicted molar refractivity (Wildman–Crippen MR) is 151 cm³/mol. The summed E-state index contributed by atoms with van der Waals surface area (Å²) >= 11 is 0. The van der Waals surface area contributed by atoms with Crippen molar-refractivity contribution in [3.8, 4) is 22.4 Å². The first-order valence-corrected chi connectivity index (χ1v) is 15.3. The fourth-order valence-corrected chi connectivity index (χ4v) is 7.44. The Bertz CT molecular complexity index is 1860. The number of benzene rings is 1. The van der Waals surface area contributed by atoms with Gasteiger partial charge in [0.05, 0.1) is 23.8 Å². The fraction of sp³-hybridized carbons (Fsp3) is 0.286. The molecule has 3 N–H and O–H groups in total. The van der Waals surface area contributed by atoms with Gasteiger partial charge in [0.1, 0.15) is 16.4 Å². The number of nitrogen functional groups attached to an aromatic ring is 1. The lowest BCUT2D eigenvalue weighted by Gasteiger charge is -2.39. The molecule has 0 unspecified atom stereocenters. The number of fused-ring (bicyclic) bond motifs is 3. The molecular weight excluding hydrogens is 542 g/mol. The average molecular weight is 570 g/mol. The van der Waals surface area contributed by atoms with Crippen molar-refractivity contribution in [1.82, 2.24) is 39.9 Å². The zero-order valence-electron chi connectivity index (χ0n) is 22.2. The Hall–Kier alpha value is -4.65. The van der Waals surface area contributed by atoms with Crippen molar-refractivity contribution < 1.29 is 13.2 Å². The van der Waals surface area contributed by atoms with E-state index in [2.05, 4.69) is 25.5 Å². The minimum atomic E-state index is -3.74. The molecule has 2 aliphatic rings. The number of nitrogens with two attached hydrogens (primary N) is 1. The Morgan fingerprint density at radius 2 is 1.76 bits per heavy atom. The molecule has 12 nitrogen and oxygen atoms in total. The van der Waals surface area contributed by atoms with Crippen molar-refractivity contribution in [2.45, 2.75) is 48.6 Å². The van der Waals surface area contributed by atoms with Gasteiger partial charge in [-0.1, -0.05) is 41.6 Å². The van der Waals surface area contributed by atoms with Gasteiger partial charge in [0.2, 0.25) is 0 Å². The van der Waals surface area contributed by atoms with Gasteiger partial charge in [0.25, 0.3) is 5.91 Å². The number of aromatic nitrogens is 7. The number of carbonyl (C=O) groups excluding carboxylic acids is 1. The number of carbonyl (C=O) groups is 1. The molecule has 0 radical (unpaired) electrons. The summed E-state index contributed by atoms with van der Waals surface area (Å²) in [7, 11) is -3.74. The smallest absolute Gasteiger partial charge is 0.274 e. The molecule has 0 aliphatic carbocycles. The monoisotopic (exact) mass is 569 g/mol. The van der Waals surface area contributed by atoms with Gasteiger partial charge in [-0.25, -0.2) is 13.4 Å². The van der Waals surface area contributed by atoms with Crippen LogP contribution in [0.3, 0.4) is 0 Å². The topological polar surface area (TPSA) is 165 Å². The molecule has 4 aromatic heterocycles. The van der Waals surface area contributed by atoms with Crippen LogP contribution in [-0.4, -0.2) is 72.6 Å². The van der Waals surface area contributed by atoms with Gasteiger partial charge < -0.3 is 10.6 Å². The van der Waals surface area contributed by atoms with E-state index in [-0.39, 0.29) is 34.6 Å². The number of hydrogen-bond acceptors (Lipinski definition) is 9. The van der Waals surface area contributed by atoms with Crippen molar-refractivity contribution in [3.63, 3.8) is 0 Å². The van der Waals surface area contributed by atoms with Gasteiger partial charge in [-0.2, -0.15) is 9.61 Å². The van der Waals surface area contributed by atoms with Crippen molar-refractivity contribution >= 4 is 27.2 Å². The molecule has 2 aliphatic heterocycles. The van der Waals surface area contributed by atoms with Crippen molar-refractivity contribution in [1.29, 1.82) is 0 Å². The van der Waals surface area contributed by atoms with Crippen molar-refractivity contribution in [2.24, 2.45) is 0 Å². The van der Waals surface area contributed by atoms with E-state index in [1.54, 1.807) is 12.4 Å². The maximum absolute atomic E-state index is 13.2. The first-order chi connectivity index (χ1) is 19.8. The summed E-state index contributed by atoms with van der Waals surface area (Å²) in [5.74, 6) is -0.312. The molecule has 2 fully saturated rings. The number of sulfone groups is 1. The van der Waals surface area contributed by atoms with E-state index in [0.29, 0.717) is 35.4 Å². The minimum Gasteiger partial charge on any atom is -0.382 e. The van der Waals surface area contributed by atoms with Gasteiger partial charge in [-0.05, 0) is 31.7 Å². The van der Waals surface area contributed by atoms with E-state index in [9.17, 15) is 13.2 Å². The summed E-state index contributed by atoms with van der Waals surface area (Å²) in [6, 6.07) is 13.6. The van der Waals surface area contributed by atoms with Gasteiger partial charge in [-0.15, -0.1) is 5.10 Å². The molecule has 0 spiro atoms. The third kappa shape index (κ3) is 4.24. The van der Waals surface area contributed by atoms with Crippen molar-refractivity contribution in [2.75, 3.05) is 12.0 Å². The summed E-state index contributed by atoms with van der Waals surface area (Å²) in [5, 5.41) is 14.5. The molecule has 3 atom stereocenters. The zero-order valence-corrected chi connectivity index (χ0v) is 23.0. The SMILES string of the molecule is CS(=O)(=O)c1c([C@@H]2C[C@H]3CC[C@@H](C2)N3C(=O)c2cnn[nH]2)nc2c(-c3ccc(-c4ccccc4)nc3)cnn2c1N. The normalized spacial score (nSPS) is 20.5. The van der Waals surface area contributed by atoms with Crippen LogP contribution in [0, 0.1) is 0 Å². The fourth-order valence-electron chi connectivity index (χ4n) is 6.38. The molecule has 2 saturated heterocycles. The third-order valence-corrected chi connectivity index (χ3v) is 9.34. The quantitative estimate of drug-likeness (QED) is 0.323. The summed E-state index contributed by atoms with van der Waals surface area (Å²) in [6.07, 6.45) is 8.78. The second-order valence-electron chi connectivity index (χ2n) is 10.7. The van der Waals surface area contributed by atoms with Gasteiger partial charge in [0, 0.05) is 47.1 Å². The maximum Gasteiger partial charge on any atom is 0.274 e. The second-order valence-corrected chi connectivity index (χ2v) is 12.7. The predicted octanol–water partition coefficient (Wildman–Crippen LogP) is 3.11. The van der Waals surface area contributed by atoms with Crippen LogP contribution >= 0.6 is 0 Å². The summed E-state index contributed by atoms with van der Waals surface area (Å²) in [5.41, 5.74) is 11.1. The second kappa shape index (κ2) is 9.47. The first-order valence-electron chi connectivity index (χ1n) is 13.4. The van der Waals surface area contributed by atoms with Gasteiger partial charge in [-0.3, -0.25) is 14.9 Å². The number of aromatic amines is 1. The van der Waals surface area contributed by atoms with E-state index in [1.807, 2.05) is 47.4 Å². The summed E-state index contributed by atoms with van der Waals surface area (Å²) < 4.78 is 27.5.